The highest BCUT2D eigenvalue weighted by Gasteiger charge is 2.09. The smallest absolute Gasteiger partial charge is 0.255 e. The molecule has 0 spiro atoms. The van der Waals surface area contributed by atoms with Crippen LogP contribution in [0, 0.1) is 10.5 Å². The van der Waals surface area contributed by atoms with Gasteiger partial charge in [0, 0.05) is 26.6 Å². The predicted molar refractivity (Wildman–Crippen MR) is 125 cm³/mol. The molecule has 1 amide bonds. The fourth-order valence-electron chi connectivity index (χ4n) is 3.08. The molecule has 3 aromatic rings. The fraction of sp³-hybridized carbons (Fsp3) is 0.250. The summed E-state index contributed by atoms with van der Waals surface area (Å²) in [5.74, 6) is -0.102. The van der Waals surface area contributed by atoms with Crippen LogP contribution in [0.3, 0.4) is 0 Å². The number of hydrogen-bond donors (Lipinski definition) is 1. The minimum absolute atomic E-state index is 0.102. The lowest BCUT2D eigenvalue weighted by molar-refractivity contribution is 0.102. The van der Waals surface area contributed by atoms with Gasteiger partial charge in [-0.25, -0.2) is 0 Å². The van der Waals surface area contributed by atoms with E-state index in [1.165, 1.54) is 24.8 Å². The fourth-order valence-corrected chi connectivity index (χ4v) is 3.72. The van der Waals surface area contributed by atoms with Crippen molar-refractivity contribution >= 4 is 34.2 Å². The molecule has 144 valence electrons. The Bertz CT molecular complexity index is 934. The molecule has 4 heteroatoms. The van der Waals surface area contributed by atoms with Crippen molar-refractivity contribution in [2.24, 2.45) is 0 Å². The molecule has 0 saturated heterocycles. The Morgan fingerprint density at radius 3 is 2.46 bits per heavy atom. The normalized spacial score (nSPS) is 10.7. The van der Waals surface area contributed by atoms with Gasteiger partial charge >= 0.3 is 0 Å². The van der Waals surface area contributed by atoms with E-state index in [2.05, 4.69) is 58.0 Å². The van der Waals surface area contributed by atoms with Crippen molar-refractivity contribution in [3.63, 3.8) is 0 Å². The number of hydrogen-bond acceptors (Lipinski definition) is 2. The number of amides is 1. The molecule has 0 aliphatic rings. The van der Waals surface area contributed by atoms with Crippen LogP contribution in [0.2, 0.25) is 0 Å². The maximum Gasteiger partial charge on any atom is 0.255 e. The lowest BCUT2D eigenvalue weighted by Crippen LogP contribution is -2.12. The third-order valence-corrected chi connectivity index (χ3v) is 5.44. The largest absolute Gasteiger partial charge is 0.322 e. The molecule has 0 aliphatic heterocycles. The summed E-state index contributed by atoms with van der Waals surface area (Å²) in [4.78, 5) is 17.1. The Balaban J connectivity index is 1.66. The molecule has 0 bridgehead atoms. The van der Waals surface area contributed by atoms with Gasteiger partial charge in [-0.2, -0.15) is 0 Å². The molecule has 0 fully saturated rings. The third kappa shape index (κ3) is 5.41. The van der Waals surface area contributed by atoms with Gasteiger partial charge < -0.3 is 5.32 Å². The Morgan fingerprint density at radius 1 is 1.04 bits per heavy atom. The van der Waals surface area contributed by atoms with E-state index in [-0.39, 0.29) is 5.91 Å². The SMILES string of the molecule is CCCCCc1ccc(-c2ccc(C(=O)Nc3ccc(I)cc3C)cc2)nc1. The first-order chi connectivity index (χ1) is 13.6. The average molecular weight is 484 g/mol. The minimum Gasteiger partial charge on any atom is -0.322 e. The quantitative estimate of drug-likeness (QED) is 0.302. The summed E-state index contributed by atoms with van der Waals surface area (Å²) in [6.07, 6.45) is 6.74. The molecule has 2 aromatic carbocycles. The van der Waals surface area contributed by atoms with E-state index >= 15 is 0 Å². The van der Waals surface area contributed by atoms with Gasteiger partial charge in [-0.1, -0.05) is 38.0 Å². The van der Waals surface area contributed by atoms with Crippen LogP contribution in [0.1, 0.15) is 47.7 Å². The first-order valence-electron chi connectivity index (χ1n) is 9.69. The summed E-state index contributed by atoms with van der Waals surface area (Å²) in [5, 5.41) is 2.99. The number of nitrogens with one attached hydrogen (secondary N) is 1. The average Bonchev–Trinajstić information content (AvgIpc) is 2.71. The number of unbranched alkanes of at least 4 members (excludes halogenated alkanes) is 2. The summed E-state index contributed by atoms with van der Waals surface area (Å²) < 4.78 is 1.15. The Hall–Kier alpha value is -2.21. The number of pyridine rings is 1. The highest BCUT2D eigenvalue weighted by Crippen LogP contribution is 2.21. The van der Waals surface area contributed by atoms with Gasteiger partial charge in [-0.3, -0.25) is 9.78 Å². The summed E-state index contributed by atoms with van der Waals surface area (Å²) >= 11 is 2.27. The summed E-state index contributed by atoms with van der Waals surface area (Å²) in [5.41, 5.74) is 5.76. The lowest BCUT2D eigenvalue weighted by Gasteiger charge is -2.09. The van der Waals surface area contributed by atoms with Gasteiger partial charge in [0.15, 0.2) is 0 Å². The zero-order valence-electron chi connectivity index (χ0n) is 16.3. The monoisotopic (exact) mass is 484 g/mol. The van der Waals surface area contributed by atoms with Gasteiger partial charge in [-0.15, -0.1) is 0 Å². The van der Waals surface area contributed by atoms with E-state index in [9.17, 15) is 4.79 Å². The number of nitrogens with zero attached hydrogens (tertiary/aromatic N) is 1. The lowest BCUT2D eigenvalue weighted by atomic mass is 10.1. The zero-order valence-corrected chi connectivity index (χ0v) is 18.5. The van der Waals surface area contributed by atoms with Gasteiger partial charge in [0.1, 0.15) is 0 Å². The number of carbonyl (C=O) groups excluding carboxylic acids is 1. The number of carbonyl (C=O) groups is 1. The second-order valence-corrected chi connectivity index (χ2v) is 8.25. The van der Waals surface area contributed by atoms with Gasteiger partial charge in [-0.05, 0) is 89.9 Å². The number of benzene rings is 2. The first-order valence-corrected chi connectivity index (χ1v) is 10.8. The highest BCUT2D eigenvalue weighted by molar-refractivity contribution is 14.1. The highest BCUT2D eigenvalue weighted by atomic mass is 127. The van der Waals surface area contributed by atoms with Gasteiger partial charge in [0.25, 0.3) is 5.91 Å². The zero-order chi connectivity index (χ0) is 19.9. The molecule has 1 N–H and O–H groups in total. The van der Waals surface area contributed by atoms with Crippen molar-refractivity contribution in [3.05, 3.63) is 81.1 Å². The van der Waals surface area contributed by atoms with Crippen LogP contribution in [0.4, 0.5) is 5.69 Å². The molecular weight excluding hydrogens is 459 g/mol. The number of anilines is 1. The molecule has 3 rings (SSSR count). The van der Waals surface area contributed by atoms with E-state index in [0.29, 0.717) is 5.56 Å². The van der Waals surface area contributed by atoms with Crippen LogP contribution in [0.25, 0.3) is 11.3 Å². The molecule has 0 atom stereocenters. The van der Waals surface area contributed by atoms with Gasteiger partial charge in [0.05, 0.1) is 5.69 Å². The third-order valence-electron chi connectivity index (χ3n) is 4.77. The molecule has 0 saturated carbocycles. The molecule has 0 unspecified atom stereocenters. The maximum atomic E-state index is 12.5. The Morgan fingerprint density at radius 2 is 1.82 bits per heavy atom. The van der Waals surface area contributed by atoms with Crippen molar-refractivity contribution in [2.75, 3.05) is 5.32 Å². The van der Waals surface area contributed by atoms with E-state index in [0.717, 1.165) is 32.5 Å². The Labute approximate surface area is 180 Å². The van der Waals surface area contributed by atoms with Crippen molar-refractivity contribution in [1.82, 2.24) is 4.98 Å². The van der Waals surface area contributed by atoms with E-state index in [1.807, 2.05) is 49.5 Å². The second-order valence-electron chi connectivity index (χ2n) is 7.00. The Kier molecular flexibility index (Phi) is 7.20. The predicted octanol–water partition coefficient (Wildman–Crippen LogP) is 6.65. The molecule has 28 heavy (non-hydrogen) atoms. The standard InChI is InChI=1S/C24H25IN2O/c1-3-4-5-6-18-7-13-23(26-16-18)19-8-10-20(11-9-19)24(28)27-22-14-12-21(25)15-17(22)2/h7-16H,3-6H2,1-2H3,(H,27,28). The van der Waals surface area contributed by atoms with Crippen LogP contribution in [-0.4, -0.2) is 10.9 Å². The van der Waals surface area contributed by atoms with Crippen molar-refractivity contribution in [2.45, 2.75) is 39.5 Å². The number of rotatable bonds is 7. The van der Waals surface area contributed by atoms with E-state index in [1.54, 1.807) is 0 Å². The maximum absolute atomic E-state index is 12.5. The number of aromatic nitrogens is 1. The van der Waals surface area contributed by atoms with Crippen molar-refractivity contribution < 1.29 is 4.79 Å². The van der Waals surface area contributed by atoms with Crippen molar-refractivity contribution in [1.29, 1.82) is 0 Å². The number of halogens is 1. The van der Waals surface area contributed by atoms with Crippen LogP contribution in [0.5, 0.6) is 0 Å². The van der Waals surface area contributed by atoms with Crippen LogP contribution in [0.15, 0.2) is 60.8 Å². The summed E-state index contributed by atoms with van der Waals surface area (Å²) in [6.45, 7) is 4.21. The molecule has 1 aromatic heterocycles. The van der Waals surface area contributed by atoms with E-state index < -0.39 is 0 Å². The molecule has 3 nitrogen and oxygen atoms in total. The van der Waals surface area contributed by atoms with Gasteiger partial charge in [0.2, 0.25) is 0 Å². The number of aryl methyl sites for hydroxylation is 2. The van der Waals surface area contributed by atoms with Crippen LogP contribution < -0.4 is 5.32 Å². The van der Waals surface area contributed by atoms with E-state index in [4.69, 9.17) is 0 Å². The molecule has 0 radical (unpaired) electrons. The van der Waals surface area contributed by atoms with Crippen molar-refractivity contribution in [3.8, 4) is 11.3 Å². The molecular formula is C24H25IN2O. The molecule has 0 aliphatic carbocycles. The first kappa shape index (κ1) is 20.5. The minimum atomic E-state index is -0.102. The van der Waals surface area contributed by atoms with Crippen LogP contribution >= 0.6 is 22.6 Å². The summed E-state index contributed by atoms with van der Waals surface area (Å²) in [6, 6.07) is 17.8. The van der Waals surface area contributed by atoms with Crippen LogP contribution in [-0.2, 0) is 6.42 Å². The summed E-state index contributed by atoms with van der Waals surface area (Å²) in [7, 11) is 0. The second kappa shape index (κ2) is 9.82. The molecule has 1 heterocycles. The topological polar surface area (TPSA) is 42.0 Å².